The molecule has 3 aliphatic rings. The van der Waals surface area contributed by atoms with Gasteiger partial charge < -0.3 is 20.6 Å². The van der Waals surface area contributed by atoms with E-state index in [4.69, 9.17) is 0 Å². The van der Waals surface area contributed by atoms with E-state index in [1.165, 1.54) is 0 Å². The highest BCUT2D eigenvalue weighted by Gasteiger charge is 2.48. The Kier molecular flexibility index (Phi) is 12.7. The second kappa shape index (κ2) is 17.7. The van der Waals surface area contributed by atoms with Gasteiger partial charge in [-0.1, -0.05) is 104 Å². The fourth-order valence-electron chi connectivity index (χ4n) is 9.96. The minimum absolute atomic E-state index is 0.0523. The van der Waals surface area contributed by atoms with Crippen LogP contribution in [-0.4, -0.2) is 34.8 Å². The smallest absolute Gasteiger partial charge is 0.227 e. The Hall–Kier alpha value is -5.50. The van der Waals surface area contributed by atoms with E-state index in [2.05, 4.69) is 99.8 Å². The molecule has 1 aliphatic carbocycles. The molecule has 0 radical (unpaired) electrons. The lowest BCUT2D eigenvalue weighted by Gasteiger charge is -2.31. The molecule has 0 saturated heterocycles. The number of nitrogens with zero attached hydrogens (tertiary/aromatic N) is 2. The minimum atomic E-state index is -0.344. The maximum absolute atomic E-state index is 15.0. The molecule has 8 nitrogen and oxygen atoms in total. The Bertz CT molecular complexity index is 2540. The summed E-state index contributed by atoms with van der Waals surface area (Å²) in [6.45, 7) is 21.6. The third-order valence-electron chi connectivity index (χ3n) is 14.6. The number of aliphatic hydroxyl groups is 1. The van der Waals surface area contributed by atoms with Crippen LogP contribution >= 0.6 is 0 Å². The molecular weight excluding hydrogens is 769 g/mol. The van der Waals surface area contributed by atoms with E-state index in [0.717, 1.165) is 72.1 Å². The maximum Gasteiger partial charge on any atom is 0.227 e. The number of hydrogen-bond acceptors (Lipinski definition) is 5. The first-order chi connectivity index (χ1) is 29.6. The quantitative estimate of drug-likeness (QED) is 0.104. The number of aliphatic hydroxyl groups excluding tert-OH is 1. The molecule has 4 aromatic carbocycles. The largest absolute Gasteiger partial charge is 0.506 e. The number of unbranched alkanes of at least 4 members (excludes halogenated alkanes) is 2. The summed E-state index contributed by atoms with van der Waals surface area (Å²) in [6, 6.07) is 28.7. The van der Waals surface area contributed by atoms with Gasteiger partial charge in [0.05, 0.1) is 27.9 Å². The van der Waals surface area contributed by atoms with Crippen molar-refractivity contribution in [3.63, 3.8) is 0 Å². The predicted molar refractivity (Wildman–Crippen MR) is 255 cm³/mol. The molecule has 8 heteroatoms. The van der Waals surface area contributed by atoms with Gasteiger partial charge in [0.25, 0.3) is 0 Å². The van der Waals surface area contributed by atoms with Gasteiger partial charge in [-0.05, 0) is 89.3 Å². The Morgan fingerprint density at radius 1 is 0.726 bits per heavy atom. The standard InChI is InChI=1S/C54H66N4O4/c1-11-15-23-35(13-3)51(61)55-43-31-45-41(53(7,8)33(5)57(45)37-25-19-17-20-26-37)29-39(43)47-49(59)48(50(47)60)40-30-42-46(32-44(40)56-52(62)36(14-4)24-16-12-2)58(34(6)54(42,9)10)38-27-21-18-22-28-38/h17-22,25-36H,11-16,23-24H2,1-10H3,(H2,55,56,59,60,61,62)/p+1. The Labute approximate surface area is 368 Å². The summed E-state index contributed by atoms with van der Waals surface area (Å²) < 4.78 is 2.31. The van der Waals surface area contributed by atoms with Crippen LogP contribution in [0.25, 0.3) is 11.1 Å². The van der Waals surface area contributed by atoms with E-state index in [0.29, 0.717) is 35.0 Å². The molecule has 4 atom stereocenters. The van der Waals surface area contributed by atoms with Gasteiger partial charge in [-0.15, -0.1) is 0 Å². The molecule has 2 aliphatic heterocycles. The van der Waals surface area contributed by atoms with Crippen LogP contribution < -0.4 is 30.7 Å². The van der Waals surface area contributed by atoms with Gasteiger partial charge in [0.1, 0.15) is 5.76 Å². The molecule has 0 bridgehead atoms. The van der Waals surface area contributed by atoms with E-state index in [-0.39, 0.29) is 69.3 Å². The number of anilines is 4. The molecule has 0 fully saturated rings. The number of para-hydroxylation sites is 2. The van der Waals surface area contributed by atoms with Crippen molar-refractivity contribution in [1.29, 1.82) is 0 Å². The Morgan fingerprint density at radius 3 is 1.84 bits per heavy atom. The topological polar surface area (TPSA) is 102 Å². The number of Topliss-reactive ketones (excluding diaryl/α,β-unsaturated/α-hetero) is 1. The summed E-state index contributed by atoms with van der Waals surface area (Å²) >= 11 is 0. The molecular formula is C54H67N4O4+. The number of fused-ring (bicyclic) bond motifs is 2. The van der Waals surface area contributed by atoms with E-state index < -0.39 is 0 Å². The summed E-state index contributed by atoms with van der Waals surface area (Å²) in [4.78, 5) is 45.5. The van der Waals surface area contributed by atoms with Gasteiger partial charge in [-0.25, -0.2) is 0 Å². The lowest BCUT2D eigenvalue weighted by atomic mass is 9.76. The molecule has 0 spiro atoms. The van der Waals surface area contributed by atoms with Crippen LogP contribution in [0.1, 0.15) is 137 Å². The third kappa shape index (κ3) is 7.68. The first kappa shape index (κ1) is 44.6. The summed E-state index contributed by atoms with van der Waals surface area (Å²) in [5.74, 6) is -1.03. The minimum Gasteiger partial charge on any atom is -0.506 e. The van der Waals surface area contributed by atoms with Crippen molar-refractivity contribution in [2.45, 2.75) is 144 Å². The number of hydrogen-bond donors (Lipinski definition) is 3. The zero-order valence-corrected chi connectivity index (χ0v) is 38.6. The van der Waals surface area contributed by atoms with E-state index >= 15 is 4.79 Å². The molecule has 326 valence electrons. The Morgan fingerprint density at radius 2 is 1.29 bits per heavy atom. The number of carbonyl (C=O) groups is 3. The SMILES string of the molecule is CCCCC(CC)C(=O)Nc1cc2c(cc1C1=C(O)C(=c3cc4c(cc3NC(=O)C(CC)CCCC)=[N+](c3ccccc3)C(C)C4(C)C)C1=O)C(C)(C)C(C)N2c1ccccc1. The number of allylic oxidation sites excluding steroid dienone is 2. The molecule has 2 amide bonds. The van der Waals surface area contributed by atoms with E-state index in [1.807, 2.05) is 74.5 Å². The second-order valence-electron chi connectivity index (χ2n) is 18.9. The van der Waals surface area contributed by atoms with Gasteiger partial charge in [0.2, 0.25) is 28.6 Å². The zero-order valence-electron chi connectivity index (χ0n) is 38.6. The van der Waals surface area contributed by atoms with Crippen LogP contribution in [0.15, 0.2) is 90.7 Å². The maximum atomic E-state index is 15.0. The normalized spacial score (nSPS) is 20.4. The van der Waals surface area contributed by atoms with Crippen molar-refractivity contribution in [3.05, 3.63) is 118 Å². The van der Waals surface area contributed by atoms with Crippen LogP contribution in [-0.2, 0) is 25.2 Å². The lowest BCUT2D eigenvalue weighted by molar-refractivity contribution is -0.121. The Balaban J connectivity index is 1.47. The average molecular weight is 836 g/mol. The number of carbonyl (C=O) groups excluding carboxylic acids is 3. The van der Waals surface area contributed by atoms with Crippen LogP contribution in [0.2, 0.25) is 0 Å². The van der Waals surface area contributed by atoms with Crippen molar-refractivity contribution >= 4 is 57.2 Å². The first-order valence-corrected chi connectivity index (χ1v) is 23.1. The van der Waals surface area contributed by atoms with Gasteiger partial charge in [0, 0.05) is 69.2 Å². The summed E-state index contributed by atoms with van der Waals surface area (Å²) in [6.07, 6.45) is 6.78. The number of nitrogens with one attached hydrogen (secondary N) is 2. The summed E-state index contributed by atoms with van der Waals surface area (Å²) in [7, 11) is 0. The highest BCUT2D eigenvalue weighted by atomic mass is 16.3. The number of benzene rings is 4. The van der Waals surface area contributed by atoms with E-state index in [9.17, 15) is 14.7 Å². The summed E-state index contributed by atoms with van der Waals surface area (Å²) in [5.41, 5.74) is 6.26. The third-order valence-corrected chi connectivity index (χ3v) is 14.6. The molecule has 3 N–H and O–H groups in total. The molecule has 7 rings (SSSR count). The molecule has 4 unspecified atom stereocenters. The van der Waals surface area contributed by atoms with Crippen molar-refractivity contribution < 1.29 is 19.5 Å². The number of ketones is 1. The van der Waals surface area contributed by atoms with Crippen LogP contribution in [0, 0.1) is 11.8 Å². The fourth-order valence-corrected chi connectivity index (χ4v) is 9.96. The van der Waals surface area contributed by atoms with Gasteiger partial charge in [-0.2, -0.15) is 4.58 Å². The van der Waals surface area contributed by atoms with Crippen molar-refractivity contribution in [2.24, 2.45) is 11.8 Å². The molecule has 62 heavy (non-hydrogen) atoms. The average Bonchev–Trinajstić information content (AvgIpc) is 3.57. The van der Waals surface area contributed by atoms with Crippen molar-refractivity contribution in [1.82, 2.24) is 4.58 Å². The van der Waals surface area contributed by atoms with Gasteiger partial charge in [0.15, 0.2) is 6.04 Å². The zero-order chi connectivity index (χ0) is 44.7. The van der Waals surface area contributed by atoms with E-state index in [1.54, 1.807) is 0 Å². The highest BCUT2D eigenvalue weighted by Crippen LogP contribution is 2.52. The monoisotopic (exact) mass is 836 g/mol. The molecule has 2 heterocycles. The summed E-state index contributed by atoms with van der Waals surface area (Å²) in [5, 5.41) is 20.4. The highest BCUT2D eigenvalue weighted by molar-refractivity contribution is 6.52. The number of amides is 2. The predicted octanol–water partition coefficient (Wildman–Crippen LogP) is 11.0. The fraction of sp³-hybridized carbons (Fsp3) is 0.444. The van der Waals surface area contributed by atoms with Crippen LogP contribution in [0.5, 0.6) is 0 Å². The van der Waals surface area contributed by atoms with Gasteiger partial charge >= 0.3 is 0 Å². The molecule has 0 saturated carbocycles. The molecule has 4 aromatic rings. The van der Waals surface area contributed by atoms with Crippen LogP contribution in [0.4, 0.5) is 28.4 Å². The molecule has 0 aromatic heterocycles. The first-order valence-electron chi connectivity index (χ1n) is 23.1. The second-order valence-corrected chi connectivity index (χ2v) is 18.9. The van der Waals surface area contributed by atoms with Crippen molar-refractivity contribution in [2.75, 3.05) is 15.5 Å². The van der Waals surface area contributed by atoms with Crippen LogP contribution in [0.3, 0.4) is 0 Å². The lowest BCUT2D eigenvalue weighted by Crippen LogP contribution is -2.36. The number of rotatable bonds is 15. The van der Waals surface area contributed by atoms with Crippen molar-refractivity contribution in [3.8, 4) is 0 Å². The van der Waals surface area contributed by atoms with Gasteiger partial charge in [-0.3, -0.25) is 14.4 Å².